The van der Waals surface area contributed by atoms with Gasteiger partial charge in [0, 0.05) is 0 Å². The van der Waals surface area contributed by atoms with E-state index in [9.17, 15) is 4.79 Å². The van der Waals surface area contributed by atoms with Gasteiger partial charge in [0.25, 0.3) is 0 Å². The Morgan fingerprint density at radius 1 is 1.64 bits per heavy atom. The molecule has 76 valence electrons. The van der Waals surface area contributed by atoms with E-state index in [2.05, 4.69) is 10.3 Å². The summed E-state index contributed by atoms with van der Waals surface area (Å²) >= 11 is 0. The molecule has 1 aliphatic heterocycles. The van der Waals surface area contributed by atoms with E-state index in [1.54, 1.807) is 0 Å². The highest BCUT2D eigenvalue weighted by Crippen LogP contribution is 2.25. The van der Waals surface area contributed by atoms with Gasteiger partial charge >= 0.3 is 5.97 Å². The molecule has 0 aliphatic carbocycles. The van der Waals surface area contributed by atoms with Gasteiger partial charge in [-0.2, -0.15) is 0 Å². The standard InChI is InChI=1S/C9H12N2O3/c12-9(13)7-8(14-5-11-7)6-3-1-2-4-10-6/h5-6,10H,1-4H2,(H,12,13). The quantitative estimate of drug-likeness (QED) is 0.743. The van der Waals surface area contributed by atoms with Crippen molar-refractivity contribution >= 4 is 5.97 Å². The van der Waals surface area contributed by atoms with Gasteiger partial charge in [0.1, 0.15) is 0 Å². The second-order valence-electron chi connectivity index (χ2n) is 3.37. The highest BCUT2D eigenvalue weighted by Gasteiger charge is 2.25. The van der Waals surface area contributed by atoms with Gasteiger partial charge in [0.05, 0.1) is 6.04 Å². The van der Waals surface area contributed by atoms with Crippen LogP contribution in [-0.4, -0.2) is 22.6 Å². The van der Waals surface area contributed by atoms with Crippen molar-refractivity contribution in [1.29, 1.82) is 0 Å². The zero-order valence-corrected chi connectivity index (χ0v) is 7.69. The van der Waals surface area contributed by atoms with Crippen LogP contribution < -0.4 is 5.32 Å². The van der Waals surface area contributed by atoms with Gasteiger partial charge < -0.3 is 14.8 Å². The zero-order chi connectivity index (χ0) is 9.97. The Labute approximate surface area is 81.1 Å². The fraction of sp³-hybridized carbons (Fsp3) is 0.556. The number of carboxylic acid groups (broad SMARTS) is 1. The number of aromatic nitrogens is 1. The van der Waals surface area contributed by atoms with E-state index in [4.69, 9.17) is 9.52 Å². The van der Waals surface area contributed by atoms with Crippen LogP contribution >= 0.6 is 0 Å². The van der Waals surface area contributed by atoms with Gasteiger partial charge in [-0.3, -0.25) is 0 Å². The number of aromatic carboxylic acids is 1. The third kappa shape index (κ3) is 1.63. The van der Waals surface area contributed by atoms with Crippen molar-refractivity contribution in [3.05, 3.63) is 17.8 Å². The van der Waals surface area contributed by atoms with Crippen molar-refractivity contribution in [3.8, 4) is 0 Å². The lowest BCUT2D eigenvalue weighted by Gasteiger charge is -2.21. The highest BCUT2D eigenvalue weighted by atomic mass is 16.4. The predicted octanol–water partition coefficient (Wildman–Crippen LogP) is 1.19. The Balaban J connectivity index is 2.21. The second-order valence-corrected chi connectivity index (χ2v) is 3.37. The minimum Gasteiger partial charge on any atom is -0.476 e. The SMILES string of the molecule is O=C(O)c1ncoc1C1CCCCN1. The molecule has 2 rings (SSSR count). The molecule has 2 N–H and O–H groups in total. The van der Waals surface area contributed by atoms with Gasteiger partial charge in [-0.05, 0) is 19.4 Å². The van der Waals surface area contributed by atoms with E-state index in [-0.39, 0.29) is 11.7 Å². The number of hydrogen-bond donors (Lipinski definition) is 2. The van der Waals surface area contributed by atoms with Gasteiger partial charge in [-0.15, -0.1) is 0 Å². The van der Waals surface area contributed by atoms with Crippen LogP contribution in [0.15, 0.2) is 10.8 Å². The topological polar surface area (TPSA) is 75.4 Å². The number of nitrogens with one attached hydrogen (secondary N) is 1. The molecule has 0 aromatic carbocycles. The minimum atomic E-state index is -1.03. The molecule has 1 unspecified atom stereocenters. The molecular weight excluding hydrogens is 184 g/mol. The normalized spacial score (nSPS) is 22.1. The van der Waals surface area contributed by atoms with Crippen molar-refractivity contribution < 1.29 is 14.3 Å². The molecule has 1 atom stereocenters. The zero-order valence-electron chi connectivity index (χ0n) is 7.69. The summed E-state index contributed by atoms with van der Waals surface area (Å²) in [6, 6.07) is 0.0114. The Hall–Kier alpha value is -1.36. The minimum absolute atomic E-state index is 0.0114. The summed E-state index contributed by atoms with van der Waals surface area (Å²) in [4.78, 5) is 14.5. The lowest BCUT2D eigenvalue weighted by molar-refractivity contribution is 0.0687. The number of hydrogen-bond acceptors (Lipinski definition) is 4. The Morgan fingerprint density at radius 2 is 2.50 bits per heavy atom. The molecule has 1 fully saturated rings. The molecule has 0 amide bonds. The van der Waals surface area contributed by atoms with Crippen LogP contribution in [0.1, 0.15) is 41.6 Å². The van der Waals surface area contributed by atoms with Crippen molar-refractivity contribution in [2.45, 2.75) is 25.3 Å². The first kappa shape index (κ1) is 9.21. The number of carboxylic acids is 1. The Morgan fingerprint density at radius 3 is 3.14 bits per heavy atom. The first-order chi connectivity index (χ1) is 6.79. The second kappa shape index (κ2) is 3.79. The Kier molecular flexibility index (Phi) is 2.49. The average molecular weight is 196 g/mol. The number of carbonyl (C=O) groups is 1. The summed E-state index contributed by atoms with van der Waals surface area (Å²) in [6.07, 6.45) is 4.33. The summed E-state index contributed by atoms with van der Waals surface area (Å²) in [7, 11) is 0. The van der Waals surface area contributed by atoms with Crippen LogP contribution in [0.5, 0.6) is 0 Å². The largest absolute Gasteiger partial charge is 0.476 e. The fourth-order valence-electron chi connectivity index (χ4n) is 1.74. The summed E-state index contributed by atoms with van der Waals surface area (Å²) < 4.78 is 5.11. The van der Waals surface area contributed by atoms with E-state index in [1.807, 2.05) is 0 Å². The van der Waals surface area contributed by atoms with Crippen LogP contribution in [0.2, 0.25) is 0 Å². The molecule has 1 saturated heterocycles. The van der Waals surface area contributed by atoms with Gasteiger partial charge in [-0.1, -0.05) is 6.42 Å². The van der Waals surface area contributed by atoms with Crippen molar-refractivity contribution in [2.24, 2.45) is 0 Å². The van der Waals surface area contributed by atoms with Crippen molar-refractivity contribution in [1.82, 2.24) is 10.3 Å². The van der Waals surface area contributed by atoms with Crippen LogP contribution in [0.3, 0.4) is 0 Å². The maximum absolute atomic E-state index is 10.8. The summed E-state index contributed by atoms with van der Waals surface area (Å²) in [5, 5.41) is 12.1. The molecule has 0 radical (unpaired) electrons. The molecule has 5 nitrogen and oxygen atoms in total. The third-order valence-electron chi connectivity index (χ3n) is 2.42. The maximum atomic E-state index is 10.8. The number of piperidine rings is 1. The summed E-state index contributed by atoms with van der Waals surface area (Å²) in [6.45, 7) is 0.907. The first-order valence-electron chi connectivity index (χ1n) is 4.69. The van der Waals surface area contributed by atoms with E-state index >= 15 is 0 Å². The van der Waals surface area contributed by atoms with Gasteiger partial charge in [0.2, 0.25) is 0 Å². The van der Waals surface area contributed by atoms with Crippen LogP contribution in [-0.2, 0) is 0 Å². The predicted molar refractivity (Wildman–Crippen MR) is 48.1 cm³/mol. The van der Waals surface area contributed by atoms with E-state index in [0.717, 1.165) is 25.8 Å². The molecule has 1 aromatic heterocycles. The summed E-state index contributed by atoms with van der Waals surface area (Å²) in [5.41, 5.74) is 0.0319. The lowest BCUT2D eigenvalue weighted by atomic mass is 10.0. The first-order valence-corrected chi connectivity index (χ1v) is 4.69. The van der Waals surface area contributed by atoms with Crippen molar-refractivity contribution in [3.63, 3.8) is 0 Å². The Bertz CT molecular complexity index is 329. The average Bonchev–Trinajstić information content (AvgIpc) is 2.67. The molecule has 0 bridgehead atoms. The van der Waals surface area contributed by atoms with Crippen LogP contribution in [0.4, 0.5) is 0 Å². The highest BCUT2D eigenvalue weighted by molar-refractivity contribution is 5.86. The number of oxazole rings is 1. The van der Waals surface area contributed by atoms with Crippen molar-refractivity contribution in [2.75, 3.05) is 6.54 Å². The smallest absolute Gasteiger partial charge is 0.358 e. The summed E-state index contributed by atoms with van der Waals surface area (Å²) in [5.74, 6) is -0.571. The third-order valence-corrected chi connectivity index (χ3v) is 2.42. The molecule has 1 aliphatic rings. The fourth-order valence-corrected chi connectivity index (χ4v) is 1.74. The molecule has 14 heavy (non-hydrogen) atoms. The molecule has 1 aromatic rings. The van der Waals surface area contributed by atoms with Crippen LogP contribution in [0.25, 0.3) is 0 Å². The number of rotatable bonds is 2. The van der Waals surface area contributed by atoms with E-state index in [0.29, 0.717) is 5.76 Å². The molecule has 0 spiro atoms. The monoisotopic (exact) mass is 196 g/mol. The molecular formula is C9H12N2O3. The van der Waals surface area contributed by atoms with Crippen LogP contribution in [0, 0.1) is 0 Å². The number of nitrogens with zero attached hydrogens (tertiary/aromatic N) is 1. The molecule has 2 heterocycles. The molecule has 5 heteroatoms. The van der Waals surface area contributed by atoms with Gasteiger partial charge in [-0.25, -0.2) is 9.78 Å². The molecule has 0 saturated carbocycles. The maximum Gasteiger partial charge on any atom is 0.358 e. The van der Waals surface area contributed by atoms with E-state index < -0.39 is 5.97 Å². The van der Waals surface area contributed by atoms with Gasteiger partial charge in [0.15, 0.2) is 17.8 Å². The van der Waals surface area contributed by atoms with E-state index in [1.165, 1.54) is 6.39 Å². The lowest BCUT2D eigenvalue weighted by Crippen LogP contribution is -2.27.